The van der Waals surface area contributed by atoms with Crippen LogP contribution in [0.5, 0.6) is 5.75 Å². The Kier molecular flexibility index (Phi) is 3.82. The van der Waals surface area contributed by atoms with Crippen molar-refractivity contribution < 1.29 is 4.74 Å². The van der Waals surface area contributed by atoms with Crippen LogP contribution in [0.4, 0.5) is 0 Å². The van der Waals surface area contributed by atoms with E-state index in [-0.39, 0.29) is 5.66 Å². The molecule has 0 saturated heterocycles. The predicted molar refractivity (Wildman–Crippen MR) is 102 cm³/mol. The highest BCUT2D eigenvalue weighted by molar-refractivity contribution is 5.89. The molecule has 1 aliphatic rings. The molecule has 0 amide bonds. The summed E-state index contributed by atoms with van der Waals surface area (Å²) in [6.07, 6.45) is 2.01. The molecule has 2 N–H and O–H groups in total. The molecule has 1 atom stereocenters. The summed E-state index contributed by atoms with van der Waals surface area (Å²) >= 11 is 0. The van der Waals surface area contributed by atoms with Crippen molar-refractivity contribution in [3.8, 4) is 5.75 Å². The van der Waals surface area contributed by atoms with Crippen LogP contribution in [0.3, 0.4) is 0 Å². The molecule has 1 aromatic heterocycles. The molecule has 0 spiro atoms. The van der Waals surface area contributed by atoms with Gasteiger partial charge in [-0.25, -0.2) is 0 Å². The van der Waals surface area contributed by atoms with E-state index < -0.39 is 0 Å². The zero-order chi connectivity index (χ0) is 17.6. The minimum Gasteiger partial charge on any atom is -0.496 e. The molecule has 1 unspecified atom stereocenters. The molecule has 25 heavy (non-hydrogen) atoms. The first-order chi connectivity index (χ1) is 12.1. The number of benzene rings is 2. The molecule has 0 aliphatic carbocycles. The van der Waals surface area contributed by atoms with Crippen molar-refractivity contribution in [2.24, 2.45) is 0 Å². The fourth-order valence-corrected chi connectivity index (χ4v) is 4.13. The van der Waals surface area contributed by atoms with Gasteiger partial charge in [-0.1, -0.05) is 24.3 Å². The van der Waals surface area contributed by atoms with Crippen LogP contribution < -0.4 is 10.1 Å². The van der Waals surface area contributed by atoms with Crippen molar-refractivity contribution >= 4 is 10.9 Å². The third kappa shape index (κ3) is 2.36. The summed E-state index contributed by atoms with van der Waals surface area (Å²) in [5.41, 5.74) is 6.03. The lowest BCUT2D eigenvalue weighted by Crippen LogP contribution is -2.50. The van der Waals surface area contributed by atoms with E-state index in [1.165, 1.54) is 33.2 Å². The molecule has 2 aromatic carbocycles. The fraction of sp³-hybridized carbons (Fsp3) is 0.333. The van der Waals surface area contributed by atoms with E-state index in [1.54, 1.807) is 7.11 Å². The second kappa shape index (κ2) is 5.90. The molecule has 130 valence electrons. The summed E-state index contributed by atoms with van der Waals surface area (Å²) in [5.74, 6) is 0.928. The Morgan fingerprint density at radius 2 is 1.84 bits per heavy atom. The first-order valence-electron chi connectivity index (χ1n) is 8.74. The summed E-state index contributed by atoms with van der Waals surface area (Å²) in [4.78, 5) is 5.87. The van der Waals surface area contributed by atoms with Gasteiger partial charge in [0, 0.05) is 35.8 Å². The molecule has 0 fully saturated rings. The average molecular weight is 335 g/mol. The maximum atomic E-state index is 5.81. The van der Waals surface area contributed by atoms with Crippen LogP contribution in [-0.2, 0) is 18.8 Å². The summed E-state index contributed by atoms with van der Waals surface area (Å²) in [6.45, 7) is 6.22. The zero-order valence-electron chi connectivity index (χ0n) is 15.3. The Morgan fingerprint density at radius 3 is 2.44 bits per heavy atom. The third-order valence-corrected chi connectivity index (χ3v) is 5.67. The van der Waals surface area contributed by atoms with Gasteiger partial charge < -0.3 is 9.72 Å². The number of hydrogen-bond acceptors (Lipinski definition) is 3. The highest BCUT2D eigenvalue weighted by atomic mass is 16.5. The molecular weight excluding hydrogens is 310 g/mol. The number of rotatable bonds is 4. The number of aromatic nitrogens is 1. The second-order valence-corrected chi connectivity index (χ2v) is 6.98. The van der Waals surface area contributed by atoms with E-state index in [1.807, 2.05) is 13.2 Å². The Labute approximate surface area is 148 Å². The van der Waals surface area contributed by atoms with Crippen molar-refractivity contribution in [2.75, 3.05) is 14.2 Å². The lowest BCUT2D eigenvalue weighted by molar-refractivity contribution is 0.0712. The van der Waals surface area contributed by atoms with Crippen LogP contribution in [0.15, 0.2) is 42.6 Å². The average Bonchev–Trinajstić information content (AvgIpc) is 3.28. The zero-order valence-corrected chi connectivity index (χ0v) is 15.3. The number of nitrogens with zero attached hydrogens (tertiary/aromatic N) is 1. The molecule has 4 rings (SSSR count). The molecule has 0 bridgehead atoms. The largest absolute Gasteiger partial charge is 0.496 e. The molecule has 2 heterocycles. The Hall–Kier alpha value is -2.30. The fourth-order valence-electron chi connectivity index (χ4n) is 4.13. The maximum absolute atomic E-state index is 5.81. The number of aromatic amines is 1. The van der Waals surface area contributed by atoms with Gasteiger partial charge in [0.05, 0.1) is 12.8 Å². The minimum atomic E-state index is -0.335. The molecule has 0 radical (unpaired) electrons. The van der Waals surface area contributed by atoms with Crippen molar-refractivity contribution in [1.82, 2.24) is 15.2 Å². The van der Waals surface area contributed by atoms with E-state index in [9.17, 15) is 0 Å². The van der Waals surface area contributed by atoms with Crippen LogP contribution in [0.2, 0.25) is 0 Å². The van der Waals surface area contributed by atoms with Gasteiger partial charge >= 0.3 is 0 Å². The first kappa shape index (κ1) is 16.2. The molecule has 1 aliphatic heterocycles. The van der Waals surface area contributed by atoms with Crippen LogP contribution in [-0.4, -0.2) is 24.0 Å². The van der Waals surface area contributed by atoms with Crippen LogP contribution in [0, 0.1) is 6.92 Å². The SMILES string of the molecule is CNC(C)(c1c(OC)cc(C)c2[nH]ccc12)N1Cc2ccccc2C1. The molecule has 0 saturated carbocycles. The molecule has 4 nitrogen and oxygen atoms in total. The van der Waals surface area contributed by atoms with Crippen LogP contribution >= 0.6 is 0 Å². The van der Waals surface area contributed by atoms with Crippen LogP contribution in [0.1, 0.15) is 29.2 Å². The smallest absolute Gasteiger partial charge is 0.126 e. The van der Waals surface area contributed by atoms with E-state index in [2.05, 4.69) is 65.4 Å². The monoisotopic (exact) mass is 335 g/mol. The number of fused-ring (bicyclic) bond motifs is 2. The van der Waals surface area contributed by atoms with Gasteiger partial charge in [0.1, 0.15) is 5.75 Å². The van der Waals surface area contributed by atoms with Gasteiger partial charge in [-0.05, 0) is 49.7 Å². The van der Waals surface area contributed by atoms with Crippen molar-refractivity contribution in [3.05, 3.63) is 64.8 Å². The van der Waals surface area contributed by atoms with Gasteiger partial charge in [0.25, 0.3) is 0 Å². The Bertz CT molecular complexity index is 905. The van der Waals surface area contributed by atoms with Gasteiger partial charge in [-0.2, -0.15) is 0 Å². The van der Waals surface area contributed by atoms with Gasteiger partial charge in [-0.3, -0.25) is 10.2 Å². The molecule has 4 heteroatoms. The Balaban J connectivity index is 1.88. The van der Waals surface area contributed by atoms with E-state index >= 15 is 0 Å². The standard InChI is InChI=1S/C21H25N3O/c1-14-11-18(25-4)19(17-9-10-23-20(14)17)21(2,22-3)24-12-15-7-5-6-8-16(15)13-24/h5-11,22-23H,12-13H2,1-4H3. The second-order valence-electron chi connectivity index (χ2n) is 6.98. The highest BCUT2D eigenvalue weighted by Gasteiger charge is 2.39. The topological polar surface area (TPSA) is 40.3 Å². The van der Waals surface area contributed by atoms with E-state index in [0.717, 1.165) is 18.8 Å². The summed E-state index contributed by atoms with van der Waals surface area (Å²) in [6, 6.07) is 13.0. The van der Waals surface area contributed by atoms with Gasteiger partial charge in [-0.15, -0.1) is 0 Å². The minimum absolute atomic E-state index is 0.335. The summed E-state index contributed by atoms with van der Waals surface area (Å²) in [7, 11) is 3.78. The highest BCUT2D eigenvalue weighted by Crippen LogP contribution is 2.42. The van der Waals surface area contributed by atoms with Crippen molar-refractivity contribution in [2.45, 2.75) is 32.6 Å². The number of ether oxygens (including phenoxy) is 1. The third-order valence-electron chi connectivity index (χ3n) is 5.67. The summed E-state index contributed by atoms with van der Waals surface area (Å²) < 4.78 is 5.81. The van der Waals surface area contributed by atoms with Crippen molar-refractivity contribution in [3.63, 3.8) is 0 Å². The lowest BCUT2D eigenvalue weighted by Gasteiger charge is -2.40. The van der Waals surface area contributed by atoms with Gasteiger partial charge in [0.2, 0.25) is 0 Å². The molecular formula is C21H25N3O. The summed E-state index contributed by atoms with van der Waals surface area (Å²) in [5, 5.41) is 4.79. The van der Waals surface area contributed by atoms with Crippen molar-refractivity contribution in [1.29, 1.82) is 0 Å². The Morgan fingerprint density at radius 1 is 1.16 bits per heavy atom. The normalized spacial score (nSPS) is 16.8. The first-order valence-corrected chi connectivity index (χ1v) is 8.74. The molecule has 3 aromatic rings. The number of hydrogen-bond donors (Lipinski definition) is 2. The number of H-pyrrole nitrogens is 1. The number of nitrogens with one attached hydrogen (secondary N) is 2. The number of methoxy groups -OCH3 is 1. The maximum Gasteiger partial charge on any atom is 0.126 e. The van der Waals surface area contributed by atoms with Crippen LogP contribution in [0.25, 0.3) is 10.9 Å². The number of aryl methyl sites for hydroxylation is 1. The van der Waals surface area contributed by atoms with E-state index in [0.29, 0.717) is 0 Å². The van der Waals surface area contributed by atoms with Gasteiger partial charge in [0.15, 0.2) is 0 Å². The van der Waals surface area contributed by atoms with E-state index in [4.69, 9.17) is 4.74 Å². The lowest BCUT2D eigenvalue weighted by atomic mass is 9.93. The predicted octanol–water partition coefficient (Wildman–Crippen LogP) is 3.89. The quantitative estimate of drug-likeness (QED) is 0.760.